The van der Waals surface area contributed by atoms with Crippen molar-refractivity contribution >= 4 is 87.1 Å². The number of aliphatic carboxylic acids is 1. The van der Waals surface area contributed by atoms with Gasteiger partial charge >= 0.3 is 5.97 Å². The number of aromatic amines is 2. The molecule has 22 nitrogen and oxygen atoms in total. The van der Waals surface area contributed by atoms with Crippen LogP contribution in [0.25, 0.3) is 21.7 Å². The summed E-state index contributed by atoms with van der Waals surface area (Å²) in [4.78, 5) is 101. The number of nitrogens with zero attached hydrogens (tertiary/aromatic N) is 1. The Hall–Kier alpha value is -7.56. The fourth-order valence-corrected chi connectivity index (χ4v) is 7.36. The van der Waals surface area contributed by atoms with Crippen LogP contribution in [-0.4, -0.2) is 117 Å². The average molecular weight is 974 g/mol. The molecule has 0 saturated carbocycles. The molecule has 17 N–H and O–H groups in total. The Bertz CT molecular complexity index is 2550. The van der Waals surface area contributed by atoms with Gasteiger partial charge in [0.1, 0.15) is 30.2 Å². The molecule has 0 fully saturated rings. The molecule has 3 aromatic carbocycles. The summed E-state index contributed by atoms with van der Waals surface area (Å²) in [6.45, 7) is 1.89. The number of nitrogens with one attached hydrogen (secondary N) is 10. The van der Waals surface area contributed by atoms with Crippen molar-refractivity contribution in [2.24, 2.45) is 17.2 Å². The second-order valence-electron chi connectivity index (χ2n) is 16.3. The maximum absolute atomic E-state index is 14.4. The maximum Gasteiger partial charge on any atom is 0.305 e. The van der Waals surface area contributed by atoms with Crippen LogP contribution in [0, 0.1) is 5.41 Å². The third kappa shape index (κ3) is 16.6. The third-order valence-corrected chi connectivity index (χ3v) is 11.0. The number of guanidine groups is 1. The molecule has 2 aromatic heterocycles. The molecule has 2 heterocycles. The predicted octanol–water partition coefficient (Wildman–Crippen LogP) is 0.528. The Morgan fingerprint density at radius 2 is 1.41 bits per heavy atom. The van der Waals surface area contributed by atoms with Crippen molar-refractivity contribution < 1.29 is 38.7 Å². The lowest BCUT2D eigenvalue weighted by Crippen LogP contribution is -2.57. The quantitative estimate of drug-likeness (QED) is 0.0205. The predicted molar refractivity (Wildman–Crippen MR) is 262 cm³/mol. The number of aromatic nitrogens is 3. The number of fused-ring (bicyclic) bond motifs is 2. The Morgan fingerprint density at radius 3 is 2.12 bits per heavy atom. The van der Waals surface area contributed by atoms with Crippen molar-refractivity contribution in [3.63, 3.8) is 0 Å². The smallest absolute Gasteiger partial charge is 0.305 e. The highest BCUT2D eigenvalue weighted by molar-refractivity contribution is 6.00. The van der Waals surface area contributed by atoms with Gasteiger partial charge in [-0.15, -0.1) is 12.4 Å². The van der Waals surface area contributed by atoms with Crippen molar-refractivity contribution in [2.75, 3.05) is 18.4 Å². The zero-order valence-electron chi connectivity index (χ0n) is 38.0. The number of carboxylic acids is 1. The standard InChI is InChI=1S/C46H60N14O8.ClH/c1-26(55-44(67)38(21-31-24-51-25-54-31)58-42(65)33(48)22-39(61)62)41(64)60-46(50)52-18-8-14-36(56-30-16-15-27-9-2-3-10-28(27)19-30)43(66)59-37(20-29-23-53-34-12-5-4-11-32(29)34)45(68)57-35(40(49)63)13-6-7-17-47;/h2-5,9-12,15-16,19,23-26,33,35-38,53,56H,6-8,13-14,17-18,20-22,47-48H2,1H3,(H2,49,63)(H,51,54)(H,55,67)(H,57,68)(H,58,65)(H,59,66)(H,61,62)(H3,50,52,60,64);1H/t26-,33+,35+,36+,37+,38+;/m1./s1. The second kappa shape index (κ2) is 26.7. The lowest BCUT2D eigenvalue weighted by Gasteiger charge is -2.25. The molecule has 0 unspecified atom stereocenters. The summed E-state index contributed by atoms with van der Waals surface area (Å²) in [6, 6.07) is 14.0. The molecule has 370 valence electrons. The van der Waals surface area contributed by atoms with Gasteiger partial charge in [0.15, 0.2) is 5.96 Å². The number of hydrogen-bond donors (Lipinski definition) is 14. The maximum atomic E-state index is 14.4. The lowest BCUT2D eigenvalue weighted by molar-refractivity contribution is -0.139. The third-order valence-electron chi connectivity index (χ3n) is 11.0. The van der Waals surface area contributed by atoms with E-state index >= 15 is 0 Å². The molecule has 0 aliphatic carbocycles. The number of para-hydroxylation sites is 1. The lowest BCUT2D eigenvalue weighted by atomic mass is 10.0. The van der Waals surface area contributed by atoms with Crippen LogP contribution >= 0.6 is 12.4 Å². The number of carbonyl (C=O) groups excluding carboxylic acids is 6. The van der Waals surface area contributed by atoms with Crippen molar-refractivity contribution in [3.8, 4) is 0 Å². The van der Waals surface area contributed by atoms with Crippen molar-refractivity contribution in [1.29, 1.82) is 5.41 Å². The Labute approximate surface area is 403 Å². The number of halogens is 1. The minimum Gasteiger partial charge on any atom is -0.481 e. The number of benzene rings is 3. The number of rotatable bonds is 26. The van der Waals surface area contributed by atoms with Crippen LogP contribution in [0.15, 0.2) is 85.5 Å². The van der Waals surface area contributed by atoms with Crippen LogP contribution in [0.5, 0.6) is 0 Å². The Kier molecular flexibility index (Phi) is 20.9. The summed E-state index contributed by atoms with van der Waals surface area (Å²) in [5.41, 5.74) is 19.7. The van der Waals surface area contributed by atoms with Crippen LogP contribution in [0.2, 0.25) is 0 Å². The molecule has 5 rings (SSSR count). The van der Waals surface area contributed by atoms with E-state index in [0.29, 0.717) is 30.8 Å². The number of hydrogen-bond acceptors (Lipinski definition) is 12. The fraction of sp³-hybridized carbons (Fsp3) is 0.370. The van der Waals surface area contributed by atoms with Crippen LogP contribution in [0.4, 0.5) is 5.69 Å². The molecule has 0 aliphatic heterocycles. The van der Waals surface area contributed by atoms with E-state index in [9.17, 15) is 33.6 Å². The van der Waals surface area contributed by atoms with E-state index in [0.717, 1.165) is 27.2 Å². The number of unbranched alkanes of at least 4 members (excludes halogenated alkanes) is 1. The molecule has 23 heteroatoms. The van der Waals surface area contributed by atoms with E-state index in [1.54, 1.807) is 6.20 Å². The van der Waals surface area contributed by atoms with Gasteiger partial charge in [-0.2, -0.15) is 0 Å². The van der Waals surface area contributed by atoms with E-state index in [-0.39, 0.29) is 51.1 Å². The van der Waals surface area contributed by atoms with Gasteiger partial charge in [0, 0.05) is 48.4 Å². The van der Waals surface area contributed by atoms with Gasteiger partial charge < -0.3 is 64.2 Å². The number of carboxylic acid groups (broad SMARTS) is 1. The second-order valence-corrected chi connectivity index (χ2v) is 16.3. The summed E-state index contributed by atoms with van der Waals surface area (Å²) < 4.78 is 0. The minimum atomic E-state index is -1.44. The number of anilines is 1. The first-order valence-electron chi connectivity index (χ1n) is 22.2. The molecule has 69 heavy (non-hydrogen) atoms. The number of primary amides is 1. The molecule has 0 spiro atoms. The summed E-state index contributed by atoms with van der Waals surface area (Å²) in [6.07, 6.45) is 5.85. The highest BCUT2D eigenvalue weighted by Crippen LogP contribution is 2.22. The van der Waals surface area contributed by atoms with Gasteiger partial charge in [-0.3, -0.25) is 44.3 Å². The molecule has 5 aromatic rings. The van der Waals surface area contributed by atoms with E-state index in [1.165, 1.54) is 19.4 Å². The summed E-state index contributed by atoms with van der Waals surface area (Å²) >= 11 is 0. The first kappa shape index (κ1) is 54.0. The molecule has 6 amide bonds. The van der Waals surface area contributed by atoms with Crippen molar-refractivity contribution in [1.82, 2.24) is 46.9 Å². The topological polar surface area (TPSA) is 370 Å². The zero-order valence-corrected chi connectivity index (χ0v) is 38.8. The summed E-state index contributed by atoms with van der Waals surface area (Å²) in [5, 5.41) is 39.3. The van der Waals surface area contributed by atoms with Crippen molar-refractivity contribution in [3.05, 3.63) is 96.7 Å². The van der Waals surface area contributed by atoms with Gasteiger partial charge in [0.25, 0.3) is 0 Å². The van der Waals surface area contributed by atoms with Gasteiger partial charge in [-0.05, 0) is 80.1 Å². The number of carbonyl (C=O) groups is 7. The molecule has 0 aliphatic rings. The van der Waals surface area contributed by atoms with E-state index in [2.05, 4.69) is 52.2 Å². The minimum absolute atomic E-state index is 0. The average Bonchev–Trinajstić information content (AvgIpc) is 3.98. The normalized spacial score (nSPS) is 13.6. The fourth-order valence-electron chi connectivity index (χ4n) is 7.36. The van der Waals surface area contributed by atoms with Crippen LogP contribution < -0.4 is 54.4 Å². The molecule has 0 bridgehead atoms. The highest BCUT2D eigenvalue weighted by Gasteiger charge is 2.31. The van der Waals surface area contributed by atoms with Crippen LogP contribution in [-0.2, 0) is 46.4 Å². The van der Waals surface area contributed by atoms with E-state index in [4.69, 9.17) is 27.7 Å². The van der Waals surface area contributed by atoms with Gasteiger partial charge in [0.05, 0.1) is 24.5 Å². The van der Waals surface area contributed by atoms with Gasteiger partial charge in [-0.25, -0.2) is 4.98 Å². The molecule has 6 atom stereocenters. The first-order chi connectivity index (χ1) is 32.6. The summed E-state index contributed by atoms with van der Waals surface area (Å²) in [5.74, 6) is -5.98. The largest absolute Gasteiger partial charge is 0.481 e. The monoisotopic (exact) mass is 972 g/mol. The SMILES string of the molecule is C[C@@H](NC(=O)[C@H](Cc1c[nH]cn1)NC(=O)[C@@H](N)CC(=O)O)C(=O)NC(=N)NCCC[C@H](Nc1ccc2ccccc2c1)C(=O)N[C@@H](Cc1c[nH]c2ccccc12)C(=O)N[C@@H](CCCCN)C(N)=O.Cl. The number of H-pyrrole nitrogens is 2. The molecular formula is C46H61ClN14O8. The number of imidazole rings is 1. The van der Waals surface area contributed by atoms with Crippen molar-refractivity contribution in [2.45, 2.75) is 94.5 Å². The van der Waals surface area contributed by atoms with Gasteiger partial charge in [-0.1, -0.05) is 48.5 Å². The molecule has 0 saturated heterocycles. The van der Waals surface area contributed by atoms with E-state index in [1.807, 2.05) is 66.7 Å². The Balaban J connectivity index is 0.0000104. The number of nitrogens with two attached hydrogens (primary N) is 3. The van der Waals surface area contributed by atoms with Gasteiger partial charge in [0.2, 0.25) is 35.4 Å². The Morgan fingerprint density at radius 1 is 0.754 bits per heavy atom. The van der Waals surface area contributed by atoms with Crippen LogP contribution in [0.3, 0.4) is 0 Å². The summed E-state index contributed by atoms with van der Waals surface area (Å²) in [7, 11) is 0. The number of amides is 6. The highest BCUT2D eigenvalue weighted by atomic mass is 35.5. The zero-order chi connectivity index (χ0) is 49.2. The molecule has 0 radical (unpaired) electrons. The molecular weight excluding hydrogens is 912 g/mol. The van der Waals surface area contributed by atoms with E-state index < -0.39 is 90.0 Å². The van der Waals surface area contributed by atoms with Crippen LogP contribution in [0.1, 0.15) is 56.7 Å². The first-order valence-corrected chi connectivity index (χ1v) is 22.2.